The van der Waals surface area contributed by atoms with Crippen molar-refractivity contribution in [3.05, 3.63) is 96.1 Å². The summed E-state index contributed by atoms with van der Waals surface area (Å²) < 4.78 is 11.4. The van der Waals surface area contributed by atoms with Crippen LogP contribution in [0.15, 0.2) is 84.9 Å². The first kappa shape index (κ1) is 25.5. The minimum Gasteiger partial charge on any atom is -0.508 e. The molecule has 0 radical (unpaired) electrons. The van der Waals surface area contributed by atoms with Gasteiger partial charge in [0.15, 0.2) is 6.29 Å². The van der Waals surface area contributed by atoms with Gasteiger partial charge in [-0.3, -0.25) is 0 Å². The molecule has 0 aliphatic carbocycles. The highest BCUT2D eigenvalue weighted by Crippen LogP contribution is 2.33. The van der Waals surface area contributed by atoms with E-state index in [1.807, 2.05) is 67.6 Å². The number of hydrogen-bond donors (Lipinski definition) is 1. The van der Waals surface area contributed by atoms with Crippen molar-refractivity contribution in [2.24, 2.45) is 0 Å². The lowest BCUT2D eigenvalue weighted by Crippen LogP contribution is -2.16. The quantitative estimate of drug-likeness (QED) is 0.329. The first-order chi connectivity index (χ1) is 15.5. The van der Waals surface area contributed by atoms with Crippen molar-refractivity contribution in [2.75, 3.05) is 6.61 Å². The normalized spacial score (nSPS) is 13.4. The predicted molar refractivity (Wildman–Crippen MR) is 133 cm³/mol. The summed E-state index contributed by atoms with van der Waals surface area (Å²) in [6.07, 6.45) is 2.94. The van der Waals surface area contributed by atoms with Gasteiger partial charge in [0.05, 0.1) is 6.61 Å². The first-order valence-electron chi connectivity index (χ1n) is 11.7. The van der Waals surface area contributed by atoms with Gasteiger partial charge in [-0.25, -0.2) is 0 Å². The standard InChI is InChI=1S/C23H32O3.C6H6/c1-5-15-25-18(4)26-23-13-9-21(10-14-23)19(6-2)16-17(3)20-7-11-22(24)12-8-20;1-2-4-6-5-3-1/h7-14,17-19,24H,5-6,15-16H2,1-4H3;1-6H. The lowest BCUT2D eigenvalue weighted by molar-refractivity contribution is -0.0663. The molecule has 0 heterocycles. The molecule has 3 nitrogen and oxygen atoms in total. The fraction of sp³-hybridized carbons (Fsp3) is 0.379. The summed E-state index contributed by atoms with van der Waals surface area (Å²) in [5.41, 5.74) is 2.61. The van der Waals surface area contributed by atoms with Crippen LogP contribution in [0, 0.1) is 0 Å². The Morgan fingerprint density at radius 1 is 0.750 bits per heavy atom. The Labute approximate surface area is 194 Å². The number of rotatable bonds is 10. The molecule has 0 amide bonds. The summed E-state index contributed by atoms with van der Waals surface area (Å²) in [5, 5.41) is 9.46. The van der Waals surface area contributed by atoms with Crippen molar-refractivity contribution in [3.8, 4) is 11.5 Å². The molecule has 0 fully saturated rings. The van der Waals surface area contributed by atoms with Gasteiger partial charge in [0, 0.05) is 0 Å². The smallest absolute Gasteiger partial charge is 0.196 e. The Bertz CT molecular complexity index is 817. The average Bonchev–Trinajstić information content (AvgIpc) is 2.83. The molecule has 32 heavy (non-hydrogen) atoms. The Morgan fingerprint density at radius 3 is 1.78 bits per heavy atom. The third-order valence-corrected chi connectivity index (χ3v) is 5.47. The van der Waals surface area contributed by atoms with Crippen LogP contribution in [-0.4, -0.2) is 18.0 Å². The van der Waals surface area contributed by atoms with Gasteiger partial charge in [-0.05, 0) is 73.4 Å². The molecular weight excluding hydrogens is 396 g/mol. The van der Waals surface area contributed by atoms with Gasteiger partial charge in [-0.1, -0.05) is 81.4 Å². The van der Waals surface area contributed by atoms with Crippen LogP contribution >= 0.6 is 0 Å². The lowest BCUT2D eigenvalue weighted by atomic mass is 9.84. The maximum absolute atomic E-state index is 9.46. The van der Waals surface area contributed by atoms with Crippen molar-refractivity contribution in [1.82, 2.24) is 0 Å². The van der Waals surface area contributed by atoms with Crippen LogP contribution in [-0.2, 0) is 4.74 Å². The van der Waals surface area contributed by atoms with E-state index in [0.29, 0.717) is 24.2 Å². The summed E-state index contributed by atoms with van der Waals surface area (Å²) in [6, 6.07) is 28.0. The monoisotopic (exact) mass is 434 g/mol. The fourth-order valence-electron chi connectivity index (χ4n) is 3.62. The molecule has 0 bridgehead atoms. The van der Waals surface area contributed by atoms with E-state index in [2.05, 4.69) is 32.9 Å². The van der Waals surface area contributed by atoms with E-state index < -0.39 is 0 Å². The van der Waals surface area contributed by atoms with Gasteiger partial charge >= 0.3 is 0 Å². The zero-order chi connectivity index (χ0) is 23.2. The molecule has 0 saturated carbocycles. The van der Waals surface area contributed by atoms with Crippen LogP contribution in [0.3, 0.4) is 0 Å². The second-order valence-electron chi connectivity index (χ2n) is 8.11. The van der Waals surface area contributed by atoms with Crippen LogP contribution in [0.25, 0.3) is 0 Å². The molecule has 3 heteroatoms. The molecule has 3 atom stereocenters. The van der Waals surface area contributed by atoms with E-state index in [4.69, 9.17) is 9.47 Å². The molecule has 0 spiro atoms. The Hall–Kier alpha value is -2.78. The molecule has 3 aromatic carbocycles. The maximum atomic E-state index is 9.46. The molecular formula is C29H38O3. The molecule has 3 unspecified atom stereocenters. The van der Waals surface area contributed by atoms with Gasteiger partial charge < -0.3 is 14.6 Å². The second-order valence-corrected chi connectivity index (χ2v) is 8.11. The van der Waals surface area contributed by atoms with E-state index in [1.165, 1.54) is 11.1 Å². The summed E-state index contributed by atoms with van der Waals surface area (Å²) >= 11 is 0. The molecule has 1 N–H and O–H groups in total. The number of ether oxygens (including phenoxy) is 2. The van der Waals surface area contributed by atoms with Gasteiger partial charge in [-0.2, -0.15) is 0 Å². The summed E-state index contributed by atoms with van der Waals surface area (Å²) in [6.45, 7) is 9.22. The van der Waals surface area contributed by atoms with E-state index in [-0.39, 0.29) is 6.29 Å². The SMILES string of the molecule is CCCOC(C)Oc1ccc(C(CC)CC(C)c2ccc(O)cc2)cc1.c1ccccc1. The topological polar surface area (TPSA) is 38.7 Å². The molecule has 0 saturated heterocycles. The third-order valence-electron chi connectivity index (χ3n) is 5.47. The van der Waals surface area contributed by atoms with E-state index in [1.54, 1.807) is 12.1 Å². The number of aromatic hydroxyl groups is 1. The Balaban J connectivity index is 0.000000520. The second kappa shape index (κ2) is 14.3. The van der Waals surface area contributed by atoms with Gasteiger partial charge in [0.25, 0.3) is 0 Å². The highest BCUT2D eigenvalue weighted by atomic mass is 16.7. The van der Waals surface area contributed by atoms with Gasteiger partial charge in [0.1, 0.15) is 11.5 Å². The van der Waals surface area contributed by atoms with Crippen LogP contribution in [0.2, 0.25) is 0 Å². The zero-order valence-corrected chi connectivity index (χ0v) is 19.9. The van der Waals surface area contributed by atoms with E-state index in [9.17, 15) is 5.11 Å². The highest BCUT2D eigenvalue weighted by molar-refractivity contribution is 5.31. The Kier molecular flexibility index (Phi) is 11.4. The lowest BCUT2D eigenvalue weighted by Gasteiger charge is -2.21. The molecule has 172 valence electrons. The number of benzene rings is 3. The maximum Gasteiger partial charge on any atom is 0.196 e. The fourth-order valence-corrected chi connectivity index (χ4v) is 3.62. The summed E-state index contributed by atoms with van der Waals surface area (Å²) in [5.74, 6) is 2.11. The number of hydrogen-bond acceptors (Lipinski definition) is 3. The number of phenolic OH excluding ortho intramolecular Hbond substituents is 1. The van der Waals surface area contributed by atoms with Crippen molar-refractivity contribution in [3.63, 3.8) is 0 Å². The molecule has 3 rings (SSSR count). The predicted octanol–water partition coefficient (Wildman–Crippen LogP) is 7.92. The van der Waals surface area contributed by atoms with Crippen molar-refractivity contribution in [1.29, 1.82) is 0 Å². The van der Waals surface area contributed by atoms with Crippen LogP contribution in [0.4, 0.5) is 0 Å². The first-order valence-corrected chi connectivity index (χ1v) is 11.7. The van der Waals surface area contributed by atoms with Crippen LogP contribution < -0.4 is 4.74 Å². The zero-order valence-electron chi connectivity index (χ0n) is 19.9. The molecule has 0 aliphatic heterocycles. The molecule has 0 aliphatic rings. The molecule has 0 aromatic heterocycles. The third kappa shape index (κ3) is 9.15. The van der Waals surface area contributed by atoms with E-state index >= 15 is 0 Å². The van der Waals surface area contributed by atoms with Crippen molar-refractivity contribution < 1.29 is 14.6 Å². The minimum absolute atomic E-state index is 0.225. The Morgan fingerprint density at radius 2 is 1.28 bits per heavy atom. The van der Waals surface area contributed by atoms with Crippen LogP contribution in [0.5, 0.6) is 11.5 Å². The van der Waals surface area contributed by atoms with Crippen molar-refractivity contribution >= 4 is 0 Å². The average molecular weight is 435 g/mol. The largest absolute Gasteiger partial charge is 0.508 e. The van der Waals surface area contributed by atoms with Gasteiger partial charge in [-0.15, -0.1) is 0 Å². The number of phenols is 1. The highest BCUT2D eigenvalue weighted by Gasteiger charge is 2.15. The minimum atomic E-state index is -0.225. The van der Waals surface area contributed by atoms with Crippen LogP contribution in [0.1, 0.15) is 69.9 Å². The summed E-state index contributed by atoms with van der Waals surface area (Å²) in [7, 11) is 0. The molecule has 3 aromatic rings. The van der Waals surface area contributed by atoms with Crippen molar-refractivity contribution in [2.45, 2.75) is 65.1 Å². The summed E-state index contributed by atoms with van der Waals surface area (Å²) in [4.78, 5) is 0. The van der Waals surface area contributed by atoms with Gasteiger partial charge in [0.2, 0.25) is 0 Å². The van der Waals surface area contributed by atoms with E-state index in [0.717, 1.165) is 25.0 Å².